The van der Waals surface area contributed by atoms with E-state index < -0.39 is 15.1 Å². The van der Waals surface area contributed by atoms with E-state index in [-0.39, 0.29) is 6.61 Å². The molecular formula is C4H8O4S. The van der Waals surface area contributed by atoms with Crippen molar-refractivity contribution in [3.05, 3.63) is 0 Å². The molecular weight excluding hydrogens is 144 g/mol. The number of rotatable bonds is 1. The van der Waals surface area contributed by atoms with Gasteiger partial charge in [-0.25, -0.2) is 13.2 Å². The highest BCUT2D eigenvalue weighted by atomic mass is 32.2. The lowest BCUT2D eigenvalue weighted by atomic mass is 10.9. The molecule has 0 aliphatic carbocycles. The Morgan fingerprint density at radius 1 is 1.56 bits per heavy atom. The third-order valence-corrected chi connectivity index (χ3v) is 1.29. The van der Waals surface area contributed by atoms with E-state index in [4.69, 9.17) is 0 Å². The van der Waals surface area contributed by atoms with Crippen LogP contribution in [-0.2, 0) is 14.6 Å². The first-order valence-corrected chi connectivity index (χ1v) is 4.24. The normalized spacial score (nSPS) is 10.9. The van der Waals surface area contributed by atoms with Gasteiger partial charge in [-0.3, -0.25) is 0 Å². The van der Waals surface area contributed by atoms with E-state index >= 15 is 0 Å². The lowest BCUT2D eigenvalue weighted by Gasteiger charge is -1.95. The topological polar surface area (TPSA) is 60.4 Å². The van der Waals surface area contributed by atoms with Crippen LogP contribution in [-0.4, -0.2) is 26.6 Å². The van der Waals surface area contributed by atoms with E-state index in [9.17, 15) is 13.2 Å². The molecule has 0 rings (SSSR count). The maximum Gasteiger partial charge on any atom is 0.424 e. The van der Waals surface area contributed by atoms with Gasteiger partial charge >= 0.3 is 5.30 Å². The minimum atomic E-state index is -3.63. The smallest absolute Gasteiger partial charge is 0.424 e. The van der Waals surface area contributed by atoms with E-state index in [1.165, 1.54) is 0 Å². The Hall–Kier alpha value is -0.580. The number of ether oxygens (including phenoxy) is 1. The molecule has 0 amide bonds. The second-order valence-electron chi connectivity index (χ2n) is 1.46. The Morgan fingerprint density at radius 2 is 2.00 bits per heavy atom. The van der Waals surface area contributed by atoms with Crippen LogP contribution in [0.4, 0.5) is 4.79 Å². The average molecular weight is 152 g/mol. The van der Waals surface area contributed by atoms with E-state index in [0.717, 1.165) is 6.26 Å². The van der Waals surface area contributed by atoms with Crippen molar-refractivity contribution in [2.24, 2.45) is 0 Å². The van der Waals surface area contributed by atoms with Crippen LogP contribution in [0.3, 0.4) is 0 Å². The Balaban J connectivity index is 4.08. The number of hydrogen-bond donors (Lipinski definition) is 0. The molecule has 0 radical (unpaired) electrons. The van der Waals surface area contributed by atoms with Gasteiger partial charge in [0.1, 0.15) is 0 Å². The van der Waals surface area contributed by atoms with Crippen molar-refractivity contribution in [3.8, 4) is 0 Å². The van der Waals surface area contributed by atoms with E-state index in [0.29, 0.717) is 0 Å². The lowest BCUT2D eigenvalue weighted by Crippen LogP contribution is -2.13. The fourth-order valence-corrected chi connectivity index (χ4v) is 0.557. The Bertz CT molecular complexity index is 191. The molecule has 0 aromatic rings. The summed E-state index contributed by atoms with van der Waals surface area (Å²) in [4.78, 5) is 10.3. The molecule has 0 spiro atoms. The molecule has 54 valence electrons. The van der Waals surface area contributed by atoms with E-state index in [1.807, 2.05) is 0 Å². The van der Waals surface area contributed by atoms with Gasteiger partial charge in [-0.2, -0.15) is 0 Å². The van der Waals surface area contributed by atoms with Gasteiger partial charge in [0, 0.05) is 0 Å². The summed E-state index contributed by atoms with van der Waals surface area (Å²) in [5.41, 5.74) is 0. The third kappa shape index (κ3) is 3.07. The highest BCUT2D eigenvalue weighted by Crippen LogP contribution is 1.89. The van der Waals surface area contributed by atoms with Crippen LogP contribution in [0.15, 0.2) is 0 Å². The van der Waals surface area contributed by atoms with Gasteiger partial charge < -0.3 is 4.74 Å². The highest BCUT2D eigenvalue weighted by Gasteiger charge is 2.15. The second kappa shape index (κ2) is 2.82. The zero-order valence-electron chi connectivity index (χ0n) is 5.25. The summed E-state index contributed by atoms with van der Waals surface area (Å²) in [6, 6.07) is 0. The molecule has 0 N–H and O–H groups in total. The lowest BCUT2D eigenvalue weighted by molar-refractivity contribution is 0.178. The summed E-state index contributed by atoms with van der Waals surface area (Å²) < 4.78 is 24.7. The van der Waals surface area contributed by atoms with Gasteiger partial charge in [0.15, 0.2) is 0 Å². The Kier molecular flexibility index (Phi) is 2.64. The summed E-state index contributed by atoms with van der Waals surface area (Å²) in [6.45, 7) is 1.63. The monoisotopic (exact) mass is 152 g/mol. The average Bonchev–Trinajstić information content (AvgIpc) is 1.64. The van der Waals surface area contributed by atoms with Crippen LogP contribution in [0.1, 0.15) is 6.92 Å². The Labute approximate surface area is 53.7 Å². The first-order chi connectivity index (χ1) is 3.98. The summed E-state index contributed by atoms with van der Waals surface area (Å²) in [6.07, 6.45) is 0.811. The summed E-state index contributed by atoms with van der Waals surface area (Å²) in [7, 11) is -3.63. The molecule has 9 heavy (non-hydrogen) atoms. The van der Waals surface area contributed by atoms with Crippen molar-refractivity contribution in [3.63, 3.8) is 0 Å². The molecule has 0 aliphatic heterocycles. The van der Waals surface area contributed by atoms with Gasteiger partial charge in [0.05, 0.1) is 12.9 Å². The molecule has 0 aromatic carbocycles. The molecule has 0 atom stereocenters. The number of carbonyl (C=O) groups is 1. The predicted molar refractivity (Wildman–Crippen MR) is 31.9 cm³/mol. The van der Waals surface area contributed by atoms with Crippen molar-refractivity contribution in [1.29, 1.82) is 0 Å². The minimum absolute atomic E-state index is 0.0892. The summed E-state index contributed by atoms with van der Waals surface area (Å²) in [5.74, 6) is 0. The molecule has 0 saturated carbocycles. The predicted octanol–water partition coefficient (Wildman–Crippen LogP) is 0.188. The molecule has 4 nitrogen and oxygen atoms in total. The maximum absolute atomic E-state index is 10.3. The molecule has 0 saturated heterocycles. The Morgan fingerprint density at radius 3 is 2.11 bits per heavy atom. The largest absolute Gasteiger partial charge is 0.454 e. The number of carbonyl (C=O) groups excluding carboxylic acids is 1. The van der Waals surface area contributed by atoms with Gasteiger partial charge in [0.2, 0.25) is 9.84 Å². The summed E-state index contributed by atoms with van der Waals surface area (Å²) >= 11 is 0. The fourth-order valence-electron chi connectivity index (χ4n) is 0.225. The molecule has 5 heteroatoms. The molecule has 0 bridgehead atoms. The van der Waals surface area contributed by atoms with Crippen molar-refractivity contribution in [2.45, 2.75) is 6.92 Å². The minimum Gasteiger partial charge on any atom is -0.454 e. The summed E-state index contributed by atoms with van der Waals surface area (Å²) in [5, 5.41) is -1.16. The number of hydrogen-bond acceptors (Lipinski definition) is 4. The first kappa shape index (κ1) is 8.42. The van der Waals surface area contributed by atoms with Crippen molar-refractivity contribution >= 4 is 15.1 Å². The van der Waals surface area contributed by atoms with Crippen LogP contribution in [0.5, 0.6) is 0 Å². The maximum atomic E-state index is 10.3. The van der Waals surface area contributed by atoms with Crippen molar-refractivity contribution in [1.82, 2.24) is 0 Å². The second-order valence-corrected chi connectivity index (χ2v) is 3.33. The SMILES string of the molecule is CCOC(=O)S(C)(=O)=O. The zero-order valence-corrected chi connectivity index (χ0v) is 6.06. The fraction of sp³-hybridized carbons (Fsp3) is 0.750. The van der Waals surface area contributed by atoms with Crippen LogP contribution in [0, 0.1) is 0 Å². The van der Waals surface area contributed by atoms with Gasteiger partial charge in [-0.05, 0) is 6.92 Å². The molecule has 0 unspecified atom stereocenters. The van der Waals surface area contributed by atoms with Crippen LogP contribution < -0.4 is 0 Å². The molecule has 0 fully saturated rings. The van der Waals surface area contributed by atoms with Crippen molar-refractivity contribution < 1.29 is 17.9 Å². The van der Waals surface area contributed by atoms with Crippen LogP contribution in [0.25, 0.3) is 0 Å². The first-order valence-electron chi connectivity index (χ1n) is 2.35. The van der Waals surface area contributed by atoms with E-state index in [2.05, 4.69) is 4.74 Å². The zero-order chi connectivity index (χ0) is 7.49. The van der Waals surface area contributed by atoms with Crippen LogP contribution in [0.2, 0.25) is 0 Å². The molecule has 0 aliphatic rings. The highest BCUT2D eigenvalue weighted by molar-refractivity contribution is 8.05. The van der Waals surface area contributed by atoms with Gasteiger partial charge in [0.25, 0.3) is 0 Å². The van der Waals surface area contributed by atoms with Crippen LogP contribution >= 0.6 is 0 Å². The quantitative estimate of drug-likeness (QED) is 0.503. The molecule has 0 heterocycles. The molecule has 0 aromatic heterocycles. The van der Waals surface area contributed by atoms with Gasteiger partial charge in [-0.1, -0.05) is 0 Å². The number of sulfone groups is 1. The third-order valence-electron chi connectivity index (χ3n) is 0.565. The van der Waals surface area contributed by atoms with Gasteiger partial charge in [-0.15, -0.1) is 0 Å². The van der Waals surface area contributed by atoms with Crippen molar-refractivity contribution in [2.75, 3.05) is 12.9 Å². The van der Waals surface area contributed by atoms with E-state index in [1.54, 1.807) is 6.92 Å². The standard InChI is InChI=1S/C4H8O4S/c1-3-8-4(5)9(2,6)7/h3H2,1-2H3.